The topological polar surface area (TPSA) is 42.2 Å². The Morgan fingerprint density at radius 2 is 1.73 bits per heavy atom. The number of nitrogens with zero attached hydrogens (tertiary/aromatic N) is 1. The maximum Gasteiger partial charge on any atom is 0.209 e. The maximum atomic E-state index is 9.36. The van der Waals surface area contributed by atoms with E-state index in [0.717, 1.165) is 25.7 Å². The highest BCUT2D eigenvalue weighted by Crippen LogP contribution is 2.65. The lowest BCUT2D eigenvalue weighted by molar-refractivity contribution is 0.252. The van der Waals surface area contributed by atoms with Gasteiger partial charge in [-0.2, -0.15) is 5.26 Å². The summed E-state index contributed by atoms with van der Waals surface area (Å²) in [5.41, 5.74) is 0. The molecule has 1 aliphatic carbocycles. The van der Waals surface area contributed by atoms with Crippen molar-refractivity contribution in [1.29, 1.82) is 5.26 Å². The molecule has 0 bridgehead atoms. The molecule has 0 N–H and O–H groups in total. The fraction of sp³-hybridized carbons (Fsp3) is 0.900. The second kappa shape index (κ2) is 5.41. The first-order chi connectivity index (χ1) is 7.14. The van der Waals surface area contributed by atoms with Gasteiger partial charge in [0.15, 0.2) is 0 Å². The van der Waals surface area contributed by atoms with E-state index in [-0.39, 0.29) is 0 Å². The van der Waals surface area contributed by atoms with Gasteiger partial charge in [-0.05, 0) is 38.5 Å². The van der Waals surface area contributed by atoms with Crippen LogP contribution in [0.4, 0.5) is 0 Å². The standard InChI is InChI=1S/C10H18NO2PS/c1-3-12-14(15,13-4-2)10(9-11)7-5-6-8-10/h3-8H2,1-2H3. The first-order valence-electron chi connectivity index (χ1n) is 5.44. The van der Waals surface area contributed by atoms with E-state index in [9.17, 15) is 5.26 Å². The zero-order valence-corrected chi connectivity index (χ0v) is 11.1. The van der Waals surface area contributed by atoms with Gasteiger partial charge < -0.3 is 9.05 Å². The average molecular weight is 247 g/mol. The van der Waals surface area contributed by atoms with Crippen LogP contribution in [0.15, 0.2) is 0 Å². The van der Waals surface area contributed by atoms with Gasteiger partial charge in [0.25, 0.3) is 0 Å². The van der Waals surface area contributed by atoms with Crippen molar-refractivity contribution in [3.05, 3.63) is 0 Å². The number of nitriles is 1. The van der Waals surface area contributed by atoms with Gasteiger partial charge in [0, 0.05) is 0 Å². The Bertz CT molecular complexity index is 284. The van der Waals surface area contributed by atoms with Gasteiger partial charge in [0.1, 0.15) is 5.16 Å². The van der Waals surface area contributed by atoms with Crippen LogP contribution < -0.4 is 0 Å². The van der Waals surface area contributed by atoms with Crippen molar-refractivity contribution in [1.82, 2.24) is 0 Å². The van der Waals surface area contributed by atoms with Crippen LogP contribution in [-0.4, -0.2) is 18.4 Å². The minimum atomic E-state index is -2.43. The van der Waals surface area contributed by atoms with Gasteiger partial charge in [-0.25, -0.2) is 0 Å². The second-order valence-electron chi connectivity index (χ2n) is 3.68. The van der Waals surface area contributed by atoms with Crippen molar-refractivity contribution in [3.8, 4) is 6.07 Å². The van der Waals surface area contributed by atoms with E-state index in [1.807, 2.05) is 13.8 Å². The fourth-order valence-electron chi connectivity index (χ4n) is 2.03. The molecule has 0 aromatic rings. The van der Waals surface area contributed by atoms with Crippen LogP contribution >= 0.6 is 6.49 Å². The molecule has 3 nitrogen and oxygen atoms in total. The smallest absolute Gasteiger partial charge is 0.209 e. The third kappa shape index (κ3) is 2.42. The Balaban J connectivity index is 2.96. The highest BCUT2D eigenvalue weighted by atomic mass is 32.5. The minimum Gasteiger partial charge on any atom is -0.328 e. The van der Waals surface area contributed by atoms with Crippen LogP contribution in [0.2, 0.25) is 0 Å². The van der Waals surface area contributed by atoms with Gasteiger partial charge in [0.05, 0.1) is 19.3 Å². The Kier molecular flexibility index (Phi) is 4.73. The summed E-state index contributed by atoms with van der Waals surface area (Å²) >= 11 is 5.52. The first kappa shape index (κ1) is 13.1. The molecular formula is C10H18NO2PS. The van der Waals surface area contributed by atoms with Gasteiger partial charge in [-0.1, -0.05) is 12.8 Å². The fourth-order valence-corrected chi connectivity index (χ4v) is 5.57. The van der Waals surface area contributed by atoms with Crippen molar-refractivity contribution in [2.75, 3.05) is 13.2 Å². The molecule has 15 heavy (non-hydrogen) atoms. The zero-order chi connectivity index (χ0) is 11.4. The minimum absolute atomic E-state index is 0.519. The van der Waals surface area contributed by atoms with E-state index in [1.165, 1.54) is 0 Å². The molecular weight excluding hydrogens is 229 g/mol. The summed E-state index contributed by atoms with van der Waals surface area (Å²) in [6.07, 6.45) is 3.79. The lowest BCUT2D eigenvalue weighted by Crippen LogP contribution is -2.25. The van der Waals surface area contributed by atoms with Gasteiger partial charge in [0.2, 0.25) is 6.49 Å². The van der Waals surface area contributed by atoms with E-state index in [2.05, 4.69) is 6.07 Å². The molecule has 1 aliphatic rings. The zero-order valence-electron chi connectivity index (χ0n) is 9.36. The molecule has 0 unspecified atom stereocenters. The van der Waals surface area contributed by atoms with Crippen molar-refractivity contribution < 1.29 is 9.05 Å². The summed E-state index contributed by atoms with van der Waals surface area (Å²) < 4.78 is 11.3. The van der Waals surface area contributed by atoms with E-state index < -0.39 is 11.6 Å². The summed E-state index contributed by atoms with van der Waals surface area (Å²) in [7, 11) is 0. The molecule has 0 amide bonds. The van der Waals surface area contributed by atoms with Crippen molar-refractivity contribution in [2.45, 2.75) is 44.7 Å². The van der Waals surface area contributed by atoms with Crippen LogP contribution in [0.1, 0.15) is 39.5 Å². The first-order valence-corrected chi connectivity index (χ1v) is 8.08. The monoisotopic (exact) mass is 247 g/mol. The van der Waals surface area contributed by atoms with Crippen molar-refractivity contribution in [3.63, 3.8) is 0 Å². The molecule has 0 radical (unpaired) electrons. The van der Waals surface area contributed by atoms with E-state index >= 15 is 0 Å². The molecule has 0 spiro atoms. The predicted octanol–water partition coefficient (Wildman–Crippen LogP) is 3.21. The lowest BCUT2D eigenvalue weighted by atomic mass is 10.1. The normalized spacial score (nSPS) is 20.1. The molecule has 1 rings (SSSR count). The van der Waals surface area contributed by atoms with Crippen LogP contribution in [0, 0.1) is 11.3 Å². The molecule has 1 fully saturated rings. The third-order valence-corrected chi connectivity index (χ3v) is 7.23. The summed E-state index contributed by atoms with van der Waals surface area (Å²) in [5, 5.41) is 8.84. The average Bonchev–Trinajstić information content (AvgIpc) is 2.68. The van der Waals surface area contributed by atoms with Crippen LogP contribution in [0.5, 0.6) is 0 Å². The largest absolute Gasteiger partial charge is 0.328 e. The van der Waals surface area contributed by atoms with Gasteiger partial charge in [-0.15, -0.1) is 0 Å². The molecule has 0 aromatic heterocycles. The molecule has 0 atom stereocenters. The molecule has 1 saturated carbocycles. The SMILES string of the molecule is CCOP(=S)(OCC)C1(C#N)CCCC1. The number of rotatable bonds is 5. The molecule has 0 heterocycles. The third-order valence-electron chi connectivity index (χ3n) is 2.76. The Morgan fingerprint density at radius 1 is 1.27 bits per heavy atom. The van der Waals surface area contributed by atoms with E-state index in [4.69, 9.17) is 20.9 Å². The predicted molar refractivity (Wildman–Crippen MR) is 64.3 cm³/mol. The summed E-state index contributed by atoms with van der Waals surface area (Å²) in [5.74, 6) is 0. The van der Waals surface area contributed by atoms with Crippen molar-refractivity contribution >= 4 is 18.3 Å². The van der Waals surface area contributed by atoms with Crippen LogP contribution in [0.3, 0.4) is 0 Å². The summed E-state index contributed by atoms with van der Waals surface area (Å²) in [6, 6.07) is 2.38. The molecule has 0 aliphatic heterocycles. The maximum absolute atomic E-state index is 9.36. The number of hydrogen-bond acceptors (Lipinski definition) is 4. The molecule has 0 aromatic carbocycles. The molecule has 5 heteroatoms. The van der Waals surface area contributed by atoms with E-state index in [1.54, 1.807) is 0 Å². The highest BCUT2D eigenvalue weighted by Gasteiger charge is 2.49. The molecule has 86 valence electrons. The van der Waals surface area contributed by atoms with Gasteiger partial charge in [-0.3, -0.25) is 0 Å². The summed E-state index contributed by atoms with van der Waals surface area (Å²) in [4.78, 5) is 0. The Morgan fingerprint density at radius 3 is 2.07 bits per heavy atom. The van der Waals surface area contributed by atoms with Crippen LogP contribution in [0.25, 0.3) is 0 Å². The Labute approximate surface area is 96.9 Å². The molecule has 0 saturated heterocycles. The number of hydrogen-bond donors (Lipinski definition) is 0. The lowest BCUT2D eigenvalue weighted by Gasteiger charge is -2.33. The van der Waals surface area contributed by atoms with Crippen molar-refractivity contribution in [2.24, 2.45) is 0 Å². The highest BCUT2D eigenvalue weighted by molar-refractivity contribution is 8.10. The quantitative estimate of drug-likeness (QED) is 0.700. The van der Waals surface area contributed by atoms with Gasteiger partial charge >= 0.3 is 0 Å². The van der Waals surface area contributed by atoms with Crippen LogP contribution in [-0.2, 0) is 20.9 Å². The summed E-state index contributed by atoms with van der Waals surface area (Å²) in [6.45, 7) is 2.44. The second-order valence-corrected chi connectivity index (χ2v) is 7.49. The van der Waals surface area contributed by atoms with E-state index in [0.29, 0.717) is 13.2 Å². The Hall–Kier alpha value is 0.0600.